The number of nitrogens with one attached hydrogen (secondary N) is 1. The summed E-state index contributed by atoms with van der Waals surface area (Å²) >= 11 is 0. The van der Waals surface area contributed by atoms with Gasteiger partial charge in [0.25, 0.3) is 0 Å². The van der Waals surface area contributed by atoms with Crippen LogP contribution in [-0.4, -0.2) is 30.3 Å². The Morgan fingerprint density at radius 3 is 2.95 bits per heavy atom. The van der Waals surface area contributed by atoms with E-state index in [4.69, 9.17) is 24.7 Å². The Hall–Kier alpha value is -1.35. The number of nitrogens with zero attached hydrogens (tertiary/aromatic N) is 1. The minimum Gasteiger partial charge on any atom is -0.326 e. The van der Waals surface area contributed by atoms with Gasteiger partial charge >= 0.3 is 0 Å². The van der Waals surface area contributed by atoms with E-state index in [9.17, 15) is 4.79 Å². The lowest BCUT2D eigenvalue weighted by molar-refractivity contribution is -0.115. The van der Waals surface area contributed by atoms with Gasteiger partial charge in [0.1, 0.15) is 0 Å². The molecule has 19 heavy (non-hydrogen) atoms. The van der Waals surface area contributed by atoms with Crippen molar-refractivity contribution in [2.24, 2.45) is 0 Å². The van der Waals surface area contributed by atoms with Crippen molar-refractivity contribution in [2.75, 3.05) is 24.9 Å². The molecule has 0 saturated carbocycles. The molecule has 104 valence electrons. The molecular weight excluding hydrogens is 236 g/mol. The normalized spacial score (nSPS) is 35.5. The summed E-state index contributed by atoms with van der Waals surface area (Å²) in [5.74, 6) is -1.16. The zero-order valence-corrected chi connectivity index (χ0v) is 9.79. The van der Waals surface area contributed by atoms with Crippen molar-refractivity contribution >= 4 is 11.6 Å². The number of carbonyl (C=O) groups excluding carboxylic acids is 1. The van der Waals surface area contributed by atoms with E-state index in [2.05, 4.69) is 5.32 Å². The van der Waals surface area contributed by atoms with Crippen LogP contribution in [-0.2, 0) is 17.5 Å². The Morgan fingerprint density at radius 2 is 2.21 bits per heavy atom. The van der Waals surface area contributed by atoms with Crippen LogP contribution in [0.25, 0.3) is 0 Å². The number of anilines is 1. The van der Waals surface area contributed by atoms with E-state index >= 15 is 0 Å². The lowest BCUT2D eigenvalue weighted by atomic mass is 10.0. The van der Waals surface area contributed by atoms with Crippen molar-refractivity contribution in [1.82, 2.24) is 4.90 Å². The minimum absolute atomic E-state index is 0.162. The van der Waals surface area contributed by atoms with Gasteiger partial charge in [-0.3, -0.25) is 4.79 Å². The molecule has 0 unspecified atom stereocenters. The first kappa shape index (κ1) is 3.64. The molecule has 1 aromatic rings. The highest BCUT2D eigenvalue weighted by Crippen LogP contribution is 2.26. The van der Waals surface area contributed by atoms with Crippen LogP contribution in [0.1, 0.15) is 62.3 Å². The third kappa shape index (κ3) is 3.57. The van der Waals surface area contributed by atoms with Gasteiger partial charge in [-0.05, 0) is 49.3 Å². The monoisotopic (exact) mass is 278 g/mol. The van der Waals surface area contributed by atoms with Gasteiger partial charge in [-0.1, -0.05) is 25.8 Å². The van der Waals surface area contributed by atoms with Gasteiger partial charge in [-0.15, -0.1) is 0 Å². The second-order valence-corrected chi connectivity index (χ2v) is 3.54. The number of benzene rings is 1. The fourth-order valence-corrected chi connectivity index (χ4v) is 1.61. The molecule has 0 spiro atoms. The van der Waals surface area contributed by atoms with Crippen LogP contribution in [0.2, 0.25) is 0 Å². The standard InChI is InChI=1S/C16H24N2O/c1-3-9-18(10-4-2)11-8-13-6-5-7-15-14(13)12-16(19)17-15/h5-7H,3-4,8-12H2,1-2H3,(H,17,19)/i1D3,2D3,3D2,4D2,8D2,9D2,10D2,12D2. The summed E-state index contributed by atoms with van der Waals surface area (Å²) in [5.41, 5.74) is -1.33. The molecular formula is C16H24N2O. The molecule has 0 atom stereocenters. The molecule has 0 saturated heterocycles. The number of fused-ring (bicyclic) bond motifs is 1. The predicted molar refractivity (Wildman–Crippen MR) is 79.5 cm³/mol. The summed E-state index contributed by atoms with van der Waals surface area (Å²) in [4.78, 5) is 11.6. The molecule has 1 N–H and O–H groups in total. The summed E-state index contributed by atoms with van der Waals surface area (Å²) in [5, 5.41) is 2.19. The van der Waals surface area contributed by atoms with E-state index in [1.165, 1.54) is 12.1 Å². The lowest BCUT2D eigenvalue weighted by Crippen LogP contribution is -2.28. The van der Waals surface area contributed by atoms with Crippen molar-refractivity contribution in [2.45, 2.75) is 39.2 Å². The van der Waals surface area contributed by atoms with E-state index in [-0.39, 0.29) is 5.69 Å². The Bertz CT molecular complexity index is 1020. The first-order valence-electron chi connectivity index (χ1n) is 14.3. The molecule has 1 aromatic carbocycles. The molecule has 3 heteroatoms. The van der Waals surface area contributed by atoms with Crippen LogP contribution in [0.4, 0.5) is 5.69 Å². The highest BCUT2D eigenvalue weighted by atomic mass is 16.1. The van der Waals surface area contributed by atoms with Crippen LogP contribution in [0.3, 0.4) is 0 Å². The van der Waals surface area contributed by atoms with Crippen molar-refractivity contribution in [3.63, 3.8) is 0 Å². The average molecular weight is 278 g/mol. The summed E-state index contributed by atoms with van der Waals surface area (Å²) in [6.07, 6.45) is -13.9. The summed E-state index contributed by atoms with van der Waals surface area (Å²) in [6.45, 7) is -17.4. The highest BCUT2D eigenvalue weighted by molar-refractivity contribution is 5.99. The first-order chi connectivity index (χ1) is 16.1. The van der Waals surface area contributed by atoms with Gasteiger partial charge in [0.15, 0.2) is 0 Å². The van der Waals surface area contributed by atoms with Gasteiger partial charge < -0.3 is 10.2 Å². The van der Waals surface area contributed by atoms with E-state index in [0.717, 1.165) is 6.07 Å². The van der Waals surface area contributed by atoms with E-state index < -0.39 is 80.7 Å². The quantitative estimate of drug-likeness (QED) is 0.832. The van der Waals surface area contributed by atoms with Crippen molar-refractivity contribution in [1.29, 1.82) is 0 Å². The van der Waals surface area contributed by atoms with Crippen molar-refractivity contribution in [3.8, 4) is 0 Å². The summed E-state index contributed by atoms with van der Waals surface area (Å²) < 4.78 is 142. The van der Waals surface area contributed by atoms with Gasteiger partial charge in [0.05, 0.1) is 6.37 Å². The number of carbonyl (C=O) groups is 1. The minimum atomic E-state index is -4.06. The zero-order chi connectivity index (χ0) is 29.4. The van der Waals surface area contributed by atoms with Gasteiger partial charge in [-0.25, -0.2) is 0 Å². The Labute approximate surface area is 141 Å². The van der Waals surface area contributed by atoms with Gasteiger partial charge in [-0.2, -0.15) is 0 Å². The third-order valence-corrected chi connectivity index (χ3v) is 2.36. The average Bonchev–Trinajstić information content (AvgIpc) is 2.92. The third-order valence-electron chi connectivity index (χ3n) is 2.36. The first-order valence-corrected chi connectivity index (χ1v) is 5.32. The molecule has 1 aliphatic heterocycles. The molecule has 0 aromatic heterocycles. The van der Waals surface area contributed by atoms with Crippen molar-refractivity contribution < 1.29 is 29.5 Å². The fraction of sp³-hybridized carbons (Fsp3) is 0.562. The Balaban J connectivity index is 2.83. The summed E-state index contributed by atoms with van der Waals surface area (Å²) in [6, 6.07) is 3.40. The number of amides is 1. The van der Waals surface area contributed by atoms with Crippen molar-refractivity contribution in [3.05, 3.63) is 29.3 Å². The number of hydrogen-bond acceptors (Lipinski definition) is 2. The smallest absolute Gasteiger partial charge is 0.228 e. The van der Waals surface area contributed by atoms with Crippen LogP contribution in [0.15, 0.2) is 18.2 Å². The van der Waals surface area contributed by atoms with E-state index in [0.29, 0.717) is 0 Å². The molecule has 2 rings (SSSR count). The molecule has 0 radical (unpaired) electrons. The van der Waals surface area contributed by atoms with Gasteiger partial charge in [0.2, 0.25) is 5.91 Å². The number of rotatable bonds is 7. The molecule has 0 bridgehead atoms. The maximum absolute atomic E-state index is 12.1. The van der Waals surface area contributed by atoms with Crippen LogP contribution in [0, 0.1) is 0 Å². The molecule has 1 aliphatic rings. The topological polar surface area (TPSA) is 32.3 Å². The van der Waals surface area contributed by atoms with E-state index in [1.807, 2.05) is 0 Å². The zero-order valence-electron chi connectivity index (χ0n) is 27.8. The Kier molecular flexibility index (Phi) is 1.29. The maximum Gasteiger partial charge on any atom is 0.228 e. The second kappa shape index (κ2) is 6.71. The maximum atomic E-state index is 12.1. The number of hydrogen-bond donors (Lipinski definition) is 1. The molecule has 1 amide bonds. The predicted octanol–water partition coefficient (Wildman–Crippen LogP) is 2.85. The van der Waals surface area contributed by atoms with Crippen LogP contribution < -0.4 is 5.32 Å². The molecule has 0 fully saturated rings. The second-order valence-electron chi connectivity index (χ2n) is 3.54. The SMILES string of the molecule is [2H]C([2H])(CN(C([2H])([2H])C([2H])([2H])C([2H])([2H])[2H])C([2H])([2H])C([2H])([2H])C([2H])([2H])[2H])c1cccc2c1C([2H])([2H])C(=O)N2. The highest BCUT2D eigenvalue weighted by Gasteiger charge is 2.20. The molecule has 0 aliphatic carbocycles. The molecule has 3 nitrogen and oxygen atoms in total. The largest absolute Gasteiger partial charge is 0.326 e. The Morgan fingerprint density at radius 1 is 1.42 bits per heavy atom. The summed E-state index contributed by atoms with van der Waals surface area (Å²) in [7, 11) is 0. The lowest BCUT2D eigenvalue weighted by Gasteiger charge is -2.21. The van der Waals surface area contributed by atoms with Crippen LogP contribution in [0.5, 0.6) is 0 Å². The van der Waals surface area contributed by atoms with Crippen LogP contribution >= 0.6 is 0 Å². The fourth-order valence-electron chi connectivity index (χ4n) is 1.61. The van der Waals surface area contributed by atoms with Gasteiger partial charge in [0, 0.05) is 36.9 Å². The van der Waals surface area contributed by atoms with E-state index in [1.54, 1.807) is 0 Å². The molecule has 1 heterocycles.